The summed E-state index contributed by atoms with van der Waals surface area (Å²) in [4.78, 5) is 21.3. The van der Waals surface area contributed by atoms with Crippen LogP contribution >= 0.6 is 0 Å². The van der Waals surface area contributed by atoms with E-state index < -0.39 is 11.6 Å². The maximum atomic E-state index is 14.8. The fourth-order valence-corrected chi connectivity index (χ4v) is 4.43. The van der Waals surface area contributed by atoms with Gasteiger partial charge in [0, 0.05) is 53.0 Å². The molecule has 0 aliphatic rings. The van der Waals surface area contributed by atoms with Crippen molar-refractivity contribution in [2.24, 2.45) is 0 Å². The van der Waals surface area contributed by atoms with Crippen molar-refractivity contribution in [3.63, 3.8) is 0 Å². The number of H-pyrrole nitrogens is 2. The first-order valence-electron chi connectivity index (χ1n) is 11.8. The van der Waals surface area contributed by atoms with E-state index in [9.17, 15) is 13.6 Å². The lowest BCUT2D eigenvalue weighted by Gasteiger charge is -2.12. The molecule has 3 aromatic carbocycles. The summed E-state index contributed by atoms with van der Waals surface area (Å²) < 4.78 is 35.4. The Hall–Kier alpha value is -4.26. The number of carbonyl (C=O) groups excluding carboxylic acids is 1. The smallest absolute Gasteiger partial charge is 0.168 e. The van der Waals surface area contributed by atoms with Crippen LogP contribution in [0.5, 0.6) is 11.5 Å². The van der Waals surface area contributed by atoms with Crippen LogP contribution < -0.4 is 4.74 Å². The van der Waals surface area contributed by atoms with E-state index in [2.05, 4.69) is 21.0 Å². The molecule has 0 saturated carbocycles. The Kier molecular flexibility index (Phi) is 6.38. The van der Waals surface area contributed by atoms with Crippen LogP contribution in [0, 0.1) is 18.6 Å². The SMILES string of the molecule is Cc1c(Oc2ccc(F)c(-c3ncc(C(C)c4cccc(CCC=O)c4)[nH]3)c2)c(F)cc2[nH]ccc12. The Bertz CT molecular complexity index is 1550. The van der Waals surface area contributed by atoms with E-state index in [1.807, 2.05) is 31.2 Å². The number of aromatic nitrogens is 3. The van der Waals surface area contributed by atoms with Gasteiger partial charge in [-0.15, -0.1) is 0 Å². The molecule has 0 aliphatic heterocycles. The van der Waals surface area contributed by atoms with Gasteiger partial charge in [-0.1, -0.05) is 31.2 Å². The zero-order valence-electron chi connectivity index (χ0n) is 19.9. The lowest BCUT2D eigenvalue weighted by atomic mass is 9.95. The monoisotopic (exact) mass is 485 g/mol. The van der Waals surface area contributed by atoms with E-state index in [-0.39, 0.29) is 17.2 Å². The summed E-state index contributed by atoms with van der Waals surface area (Å²) in [7, 11) is 0. The van der Waals surface area contributed by atoms with Crippen molar-refractivity contribution in [3.8, 4) is 22.9 Å². The van der Waals surface area contributed by atoms with Crippen LogP contribution in [-0.2, 0) is 11.2 Å². The first kappa shape index (κ1) is 23.5. The van der Waals surface area contributed by atoms with Crippen LogP contribution in [0.4, 0.5) is 8.78 Å². The van der Waals surface area contributed by atoms with Gasteiger partial charge in [0.05, 0.1) is 5.56 Å². The van der Waals surface area contributed by atoms with Crippen LogP contribution in [-0.4, -0.2) is 21.2 Å². The first-order valence-corrected chi connectivity index (χ1v) is 11.8. The molecule has 2 N–H and O–H groups in total. The fraction of sp³-hybridized carbons (Fsp3) is 0.172. The molecule has 2 aromatic heterocycles. The molecule has 2 heterocycles. The van der Waals surface area contributed by atoms with Crippen LogP contribution in [0.1, 0.15) is 41.6 Å². The van der Waals surface area contributed by atoms with Crippen LogP contribution in [0.3, 0.4) is 0 Å². The molecule has 36 heavy (non-hydrogen) atoms. The molecular weight excluding hydrogens is 460 g/mol. The Balaban J connectivity index is 1.42. The van der Waals surface area contributed by atoms with Crippen LogP contribution in [0.15, 0.2) is 67.0 Å². The molecule has 0 amide bonds. The quantitative estimate of drug-likeness (QED) is 0.228. The first-order chi connectivity index (χ1) is 17.4. The molecule has 0 saturated heterocycles. The third-order valence-corrected chi connectivity index (χ3v) is 6.49. The van der Waals surface area contributed by atoms with Crippen LogP contribution in [0.25, 0.3) is 22.3 Å². The molecule has 0 fully saturated rings. The number of fused-ring (bicyclic) bond motifs is 1. The highest BCUT2D eigenvalue weighted by atomic mass is 19.1. The Labute approximate surface area is 207 Å². The number of benzene rings is 3. The number of imidazole rings is 1. The second-order valence-electron chi connectivity index (χ2n) is 8.85. The lowest BCUT2D eigenvalue weighted by Crippen LogP contribution is -1.98. The van der Waals surface area contributed by atoms with Gasteiger partial charge in [0.2, 0.25) is 0 Å². The maximum Gasteiger partial charge on any atom is 0.168 e. The van der Waals surface area contributed by atoms with E-state index in [1.54, 1.807) is 19.3 Å². The number of halogens is 2. The fourth-order valence-electron chi connectivity index (χ4n) is 4.43. The summed E-state index contributed by atoms with van der Waals surface area (Å²) >= 11 is 0. The average Bonchev–Trinajstić information content (AvgIpc) is 3.56. The van der Waals surface area contributed by atoms with Gasteiger partial charge in [0.1, 0.15) is 23.7 Å². The van der Waals surface area contributed by atoms with Gasteiger partial charge < -0.3 is 19.5 Å². The standard InChI is InChI=1S/C29H25F2N3O2/c1-17(20-7-3-5-19(13-20)6-4-12-35)27-16-33-29(34-27)23-14-21(8-9-24(23)30)36-28-18(2)22-10-11-32-26(22)15-25(28)31/h3,5,7-17,32H,4,6H2,1-2H3,(H,33,34). The molecule has 1 unspecified atom stereocenters. The maximum absolute atomic E-state index is 14.8. The van der Waals surface area contributed by atoms with Gasteiger partial charge in [-0.05, 0) is 48.7 Å². The number of rotatable bonds is 8. The minimum absolute atomic E-state index is 0.0188. The number of carbonyl (C=O) groups is 1. The highest BCUT2D eigenvalue weighted by Gasteiger charge is 2.18. The van der Waals surface area contributed by atoms with Crippen molar-refractivity contribution in [1.29, 1.82) is 0 Å². The number of nitrogens with zero attached hydrogens (tertiary/aromatic N) is 1. The van der Waals surface area contributed by atoms with Gasteiger partial charge in [0.15, 0.2) is 11.6 Å². The zero-order chi connectivity index (χ0) is 25.2. The van der Waals surface area contributed by atoms with E-state index in [0.717, 1.165) is 28.5 Å². The number of nitrogens with one attached hydrogen (secondary N) is 2. The predicted molar refractivity (Wildman–Crippen MR) is 135 cm³/mol. The topological polar surface area (TPSA) is 70.8 Å². The average molecular weight is 486 g/mol. The molecule has 5 rings (SSSR count). The van der Waals surface area contributed by atoms with E-state index in [0.29, 0.717) is 35.5 Å². The molecule has 7 heteroatoms. The Morgan fingerprint density at radius 1 is 1.08 bits per heavy atom. The number of aldehydes is 1. The summed E-state index contributed by atoms with van der Waals surface area (Å²) in [5, 5.41) is 0.855. The van der Waals surface area contributed by atoms with E-state index in [1.165, 1.54) is 24.3 Å². The van der Waals surface area contributed by atoms with Crippen molar-refractivity contribution in [1.82, 2.24) is 15.0 Å². The molecule has 0 bridgehead atoms. The summed E-state index contributed by atoms with van der Waals surface area (Å²) in [6.07, 6.45) is 5.51. The minimum Gasteiger partial charge on any atom is -0.454 e. The lowest BCUT2D eigenvalue weighted by molar-refractivity contribution is -0.107. The summed E-state index contributed by atoms with van der Waals surface area (Å²) in [5.74, 6) is -0.229. The summed E-state index contributed by atoms with van der Waals surface area (Å²) in [6, 6.07) is 15.6. The highest BCUT2D eigenvalue weighted by molar-refractivity contribution is 5.85. The molecule has 0 aliphatic carbocycles. The number of aromatic amines is 2. The Morgan fingerprint density at radius 2 is 1.94 bits per heavy atom. The zero-order valence-corrected chi connectivity index (χ0v) is 19.9. The number of hydrogen-bond donors (Lipinski definition) is 2. The predicted octanol–water partition coefficient (Wildman–Crippen LogP) is 7.22. The van der Waals surface area contributed by atoms with Crippen molar-refractivity contribution in [2.45, 2.75) is 32.6 Å². The molecular formula is C29H25F2N3O2. The highest BCUT2D eigenvalue weighted by Crippen LogP contribution is 2.35. The molecule has 182 valence electrons. The molecule has 5 nitrogen and oxygen atoms in total. The Morgan fingerprint density at radius 3 is 2.78 bits per heavy atom. The normalized spacial score (nSPS) is 12.1. The van der Waals surface area contributed by atoms with E-state index >= 15 is 0 Å². The largest absolute Gasteiger partial charge is 0.454 e. The third-order valence-electron chi connectivity index (χ3n) is 6.49. The number of aryl methyl sites for hydroxylation is 2. The molecule has 1 atom stereocenters. The van der Waals surface area contributed by atoms with Crippen molar-refractivity contribution >= 4 is 17.2 Å². The molecule has 5 aromatic rings. The third kappa shape index (κ3) is 4.52. The van der Waals surface area contributed by atoms with Crippen molar-refractivity contribution in [3.05, 3.63) is 101 Å². The second kappa shape index (κ2) is 9.77. The van der Waals surface area contributed by atoms with Gasteiger partial charge in [-0.3, -0.25) is 0 Å². The van der Waals surface area contributed by atoms with Gasteiger partial charge >= 0.3 is 0 Å². The second-order valence-corrected chi connectivity index (χ2v) is 8.85. The minimum atomic E-state index is -0.502. The number of hydrogen-bond acceptors (Lipinski definition) is 3. The van der Waals surface area contributed by atoms with Crippen LogP contribution in [0.2, 0.25) is 0 Å². The molecule has 0 radical (unpaired) electrons. The van der Waals surface area contributed by atoms with Gasteiger partial charge in [-0.2, -0.15) is 0 Å². The molecule has 0 spiro atoms. The van der Waals surface area contributed by atoms with E-state index in [4.69, 9.17) is 4.74 Å². The number of ether oxygens (including phenoxy) is 1. The van der Waals surface area contributed by atoms with Gasteiger partial charge in [-0.25, -0.2) is 13.8 Å². The van der Waals surface area contributed by atoms with Crippen molar-refractivity contribution < 1.29 is 18.3 Å². The van der Waals surface area contributed by atoms with Crippen molar-refractivity contribution in [2.75, 3.05) is 0 Å². The van der Waals surface area contributed by atoms with Gasteiger partial charge in [0.25, 0.3) is 0 Å². The summed E-state index contributed by atoms with van der Waals surface area (Å²) in [5.41, 5.74) is 4.54. The summed E-state index contributed by atoms with van der Waals surface area (Å²) in [6.45, 7) is 3.82.